The lowest BCUT2D eigenvalue weighted by Gasteiger charge is -2.12. The molecular weight excluding hydrogens is 258 g/mol. The summed E-state index contributed by atoms with van der Waals surface area (Å²) in [5.41, 5.74) is 0.338. The zero-order valence-electron chi connectivity index (χ0n) is 10.5. The zero-order chi connectivity index (χ0) is 14.1. The molecular formula is C12H16F2N2O3. The lowest BCUT2D eigenvalue weighted by Crippen LogP contribution is -2.32. The third-order valence-corrected chi connectivity index (χ3v) is 2.17. The topological polar surface area (TPSA) is 59.6 Å². The molecule has 0 bridgehead atoms. The van der Waals surface area contributed by atoms with Crippen molar-refractivity contribution in [3.05, 3.63) is 24.3 Å². The zero-order valence-corrected chi connectivity index (χ0v) is 10.5. The van der Waals surface area contributed by atoms with Crippen LogP contribution in [-0.4, -0.2) is 39.3 Å². The first-order valence-electron chi connectivity index (χ1n) is 5.67. The van der Waals surface area contributed by atoms with Gasteiger partial charge in [0.25, 0.3) is 0 Å². The van der Waals surface area contributed by atoms with Crippen molar-refractivity contribution in [3.63, 3.8) is 0 Å². The maximum Gasteiger partial charge on any atom is 0.387 e. The molecule has 0 aliphatic carbocycles. The Kier molecular flexibility index (Phi) is 6.59. The number of halogens is 2. The van der Waals surface area contributed by atoms with Gasteiger partial charge in [-0.3, -0.25) is 4.79 Å². The summed E-state index contributed by atoms with van der Waals surface area (Å²) in [6, 6.07) is 6.18. The molecule has 0 saturated carbocycles. The predicted octanol–water partition coefficient (Wildman–Crippen LogP) is 1.46. The number of hydrogen-bond donors (Lipinski definition) is 2. The van der Waals surface area contributed by atoms with E-state index in [9.17, 15) is 13.6 Å². The lowest BCUT2D eigenvalue weighted by atomic mass is 10.3. The predicted molar refractivity (Wildman–Crippen MR) is 66.4 cm³/mol. The monoisotopic (exact) mass is 274 g/mol. The first-order valence-corrected chi connectivity index (χ1v) is 5.67. The van der Waals surface area contributed by atoms with Gasteiger partial charge in [0.2, 0.25) is 5.91 Å². The molecule has 0 aromatic heterocycles. The van der Waals surface area contributed by atoms with Crippen molar-refractivity contribution in [1.29, 1.82) is 0 Å². The Morgan fingerprint density at radius 2 is 2.11 bits per heavy atom. The molecule has 0 radical (unpaired) electrons. The first-order chi connectivity index (χ1) is 9.13. The minimum Gasteiger partial charge on any atom is -0.433 e. The summed E-state index contributed by atoms with van der Waals surface area (Å²) in [6.45, 7) is -2.13. The number of nitrogens with one attached hydrogen (secondary N) is 2. The SMILES string of the molecule is COCCNC(=O)CNc1ccccc1OC(F)F. The summed E-state index contributed by atoms with van der Waals surface area (Å²) in [4.78, 5) is 11.4. The van der Waals surface area contributed by atoms with E-state index in [0.717, 1.165) is 0 Å². The van der Waals surface area contributed by atoms with Gasteiger partial charge in [-0.1, -0.05) is 12.1 Å². The Labute approximate surface area is 109 Å². The van der Waals surface area contributed by atoms with E-state index in [4.69, 9.17) is 4.74 Å². The molecule has 7 heteroatoms. The Morgan fingerprint density at radius 1 is 1.37 bits per heavy atom. The van der Waals surface area contributed by atoms with Gasteiger partial charge < -0.3 is 20.1 Å². The maximum absolute atomic E-state index is 12.2. The highest BCUT2D eigenvalue weighted by Crippen LogP contribution is 2.24. The van der Waals surface area contributed by atoms with Crippen LogP contribution in [0.3, 0.4) is 0 Å². The molecule has 0 spiro atoms. The number of anilines is 1. The number of carbonyl (C=O) groups is 1. The Balaban J connectivity index is 2.46. The minimum atomic E-state index is -2.90. The molecule has 5 nitrogen and oxygen atoms in total. The van der Waals surface area contributed by atoms with Crippen LogP contribution in [-0.2, 0) is 9.53 Å². The Bertz CT molecular complexity index is 402. The van der Waals surface area contributed by atoms with Crippen molar-refractivity contribution in [2.45, 2.75) is 6.61 Å². The van der Waals surface area contributed by atoms with E-state index in [0.29, 0.717) is 18.8 Å². The molecule has 0 heterocycles. The van der Waals surface area contributed by atoms with Crippen LogP contribution in [0.25, 0.3) is 0 Å². The van der Waals surface area contributed by atoms with E-state index in [-0.39, 0.29) is 18.2 Å². The average molecular weight is 274 g/mol. The minimum absolute atomic E-state index is 0.00203. The Hall–Kier alpha value is -1.89. The Morgan fingerprint density at radius 3 is 2.79 bits per heavy atom. The van der Waals surface area contributed by atoms with Crippen molar-refractivity contribution >= 4 is 11.6 Å². The number of carbonyl (C=O) groups excluding carboxylic acids is 1. The third kappa shape index (κ3) is 6.01. The van der Waals surface area contributed by atoms with E-state index in [1.165, 1.54) is 13.2 Å². The number of benzene rings is 1. The number of alkyl halides is 2. The summed E-state index contributed by atoms with van der Waals surface area (Å²) in [5.74, 6) is -0.258. The molecule has 0 aliphatic heterocycles. The van der Waals surface area contributed by atoms with Crippen LogP contribution in [0.4, 0.5) is 14.5 Å². The highest BCUT2D eigenvalue weighted by Gasteiger charge is 2.09. The van der Waals surface area contributed by atoms with E-state index in [1.807, 2.05) is 0 Å². The van der Waals surface area contributed by atoms with E-state index >= 15 is 0 Å². The van der Waals surface area contributed by atoms with Crippen molar-refractivity contribution in [2.75, 3.05) is 32.1 Å². The number of ether oxygens (including phenoxy) is 2. The van der Waals surface area contributed by atoms with Crippen LogP contribution in [0, 0.1) is 0 Å². The maximum atomic E-state index is 12.2. The van der Waals surface area contributed by atoms with E-state index in [1.54, 1.807) is 18.2 Å². The number of hydrogen-bond acceptors (Lipinski definition) is 4. The van der Waals surface area contributed by atoms with Crippen molar-refractivity contribution in [1.82, 2.24) is 5.32 Å². The van der Waals surface area contributed by atoms with Gasteiger partial charge >= 0.3 is 6.61 Å². The summed E-state index contributed by atoms with van der Waals surface area (Å²) < 4.78 is 33.4. The number of rotatable bonds is 8. The van der Waals surface area contributed by atoms with Crippen LogP contribution < -0.4 is 15.4 Å². The molecule has 0 fully saturated rings. The molecule has 1 rings (SSSR count). The summed E-state index contributed by atoms with van der Waals surface area (Å²) in [6.07, 6.45) is 0. The van der Waals surface area contributed by atoms with Crippen LogP contribution in [0.2, 0.25) is 0 Å². The van der Waals surface area contributed by atoms with Gasteiger partial charge in [0, 0.05) is 13.7 Å². The summed E-state index contributed by atoms with van der Waals surface area (Å²) in [5, 5.41) is 5.33. The van der Waals surface area contributed by atoms with Gasteiger partial charge in [-0.25, -0.2) is 0 Å². The number of methoxy groups -OCH3 is 1. The number of amides is 1. The molecule has 1 aromatic rings. The largest absolute Gasteiger partial charge is 0.433 e. The van der Waals surface area contributed by atoms with E-state index < -0.39 is 6.61 Å². The van der Waals surface area contributed by atoms with Crippen LogP contribution in [0.1, 0.15) is 0 Å². The van der Waals surface area contributed by atoms with Crippen LogP contribution >= 0.6 is 0 Å². The van der Waals surface area contributed by atoms with Gasteiger partial charge in [-0.2, -0.15) is 8.78 Å². The molecule has 106 valence electrons. The fourth-order valence-corrected chi connectivity index (χ4v) is 1.34. The van der Waals surface area contributed by atoms with Gasteiger partial charge in [0.1, 0.15) is 5.75 Å². The molecule has 0 aliphatic rings. The quantitative estimate of drug-likeness (QED) is 0.705. The van der Waals surface area contributed by atoms with Crippen molar-refractivity contribution < 1.29 is 23.0 Å². The smallest absolute Gasteiger partial charge is 0.387 e. The molecule has 1 aromatic carbocycles. The molecule has 19 heavy (non-hydrogen) atoms. The normalized spacial score (nSPS) is 10.3. The van der Waals surface area contributed by atoms with Gasteiger partial charge in [0.05, 0.1) is 18.8 Å². The van der Waals surface area contributed by atoms with Gasteiger partial charge in [-0.05, 0) is 12.1 Å². The fraction of sp³-hybridized carbons (Fsp3) is 0.417. The highest BCUT2D eigenvalue weighted by molar-refractivity contribution is 5.81. The van der Waals surface area contributed by atoms with Gasteiger partial charge in [-0.15, -0.1) is 0 Å². The molecule has 0 atom stereocenters. The highest BCUT2D eigenvalue weighted by atomic mass is 19.3. The van der Waals surface area contributed by atoms with Crippen LogP contribution in [0.15, 0.2) is 24.3 Å². The lowest BCUT2D eigenvalue weighted by molar-refractivity contribution is -0.119. The molecule has 0 unspecified atom stereocenters. The average Bonchev–Trinajstić information content (AvgIpc) is 2.37. The van der Waals surface area contributed by atoms with Gasteiger partial charge in [0.15, 0.2) is 0 Å². The third-order valence-electron chi connectivity index (χ3n) is 2.17. The van der Waals surface area contributed by atoms with E-state index in [2.05, 4.69) is 15.4 Å². The summed E-state index contributed by atoms with van der Waals surface area (Å²) >= 11 is 0. The second-order valence-corrected chi connectivity index (χ2v) is 3.57. The fourth-order valence-electron chi connectivity index (χ4n) is 1.34. The summed E-state index contributed by atoms with van der Waals surface area (Å²) in [7, 11) is 1.53. The molecule has 2 N–H and O–H groups in total. The molecule has 0 saturated heterocycles. The second-order valence-electron chi connectivity index (χ2n) is 3.57. The first kappa shape index (κ1) is 15.2. The number of para-hydroxylation sites is 2. The van der Waals surface area contributed by atoms with Crippen LogP contribution in [0.5, 0.6) is 5.75 Å². The van der Waals surface area contributed by atoms with Crippen molar-refractivity contribution in [2.24, 2.45) is 0 Å². The second kappa shape index (κ2) is 8.25. The molecule has 1 amide bonds. The van der Waals surface area contributed by atoms with Crippen molar-refractivity contribution in [3.8, 4) is 5.75 Å². The standard InChI is InChI=1S/C12H16F2N2O3/c1-18-7-6-15-11(17)8-16-9-4-2-3-5-10(9)19-12(13)14/h2-5,12,16H,6-8H2,1H3,(H,15,17).